The van der Waals surface area contributed by atoms with Crippen molar-refractivity contribution in [2.24, 2.45) is 17.8 Å². The Bertz CT molecular complexity index is 1640. The molecule has 3 atom stereocenters. The molecule has 2 aliphatic heterocycles. The summed E-state index contributed by atoms with van der Waals surface area (Å²) in [6, 6.07) is 7.56. The Morgan fingerprint density at radius 3 is 2.35 bits per heavy atom. The zero-order chi connectivity index (χ0) is 39.2. The van der Waals surface area contributed by atoms with E-state index in [1.54, 1.807) is 9.80 Å². The highest BCUT2D eigenvalue weighted by Crippen LogP contribution is 2.53. The summed E-state index contributed by atoms with van der Waals surface area (Å²) in [6.07, 6.45) is 4.45. The molecular formula is C41H61N7O7. The van der Waals surface area contributed by atoms with E-state index >= 15 is 0 Å². The molecule has 55 heavy (non-hydrogen) atoms. The number of nitrogens with one attached hydrogen (secondary N) is 1. The minimum atomic E-state index is -1.24. The molecule has 14 nitrogen and oxygen atoms in total. The van der Waals surface area contributed by atoms with Crippen molar-refractivity contribution < 1.29 is 33.4 Å². The molecule has 1 N–H and O–H groups in total. The Hall–Kier alpha value is -4.04. The molecule has 302 valence electrons. The van der Waals surface area contributed by atoms with Crippen molar-refractivity contribution in [2.45, 2.75) is 96.6 Å². The van der Waals surface area contributed by atoms with Crippen LogP contribution in [-0.4, -0.2) is 132 Å². The fourth-order valence-electron chi connectivity index (χ4n) is 8.84. The number of aryl methyl sites for hydroxylation is 2. The number of morpholine rings is 1. The van der Waals surface area contributed by atoms with Gasteiger partial charge < -0.3 is 29.3 Å². The van der Waals surface area contributed by atoms with Crippen molar-refractivity contribution in [1.82, 2.24) is 35.0 Å². The third-order valence-corrected chi connectivity index (χ3v) is 12.4. The summed E-state index contributed by atoms with van der Waals surface area (Å²) >= 11 is 0. The van der Waals surface area contributed by atoms with E-state index in [0.717, 1.165) is 56.6 Å². The van der Waals surface area contributed by atoms with Gasteiger partial charge in [0.2, 0.25) is 5.91 Å². The largest absolute Gasteiger partial charge is 0.469 e. The van der Waals surface area contributed by atoms with Crippen LogP contribution in [0.25, 0.3) is 0 Å². The Morgan fingerprint density at radius 1 is 1.00 bits per heavy atom. The lowest BCUT2D eigenvalue weighted by atomic mass is 9.83. The molecule has 1 aromatic carbocycles. The molecule has 0 radical (unpaired) electrons. The van der Waals surface area contributed by atoms with Gasteiger partial charge in [0.15, 0.2) is 0 Å². The van der Waals surface area contributed by atoms with Gasteiger partial charge in [0.05, 0.1) is 38.3 Å². The number of benzene rings is 1. The van der Waals surface area contributed by atoms with E-state index in [1.165, 1.54) is 12.8 Å². The molecule has 3 fully saturated rings. The molecular weight excluding hydrogens is 702 g/mol. The number of methoxy groups -OCH3 is 1. The van der Waals surface area contributed by atoms with Crippen molar-refractivity contribution in [3.63, 3.8) is 0 Å². The fourth-order valence-corrected chi connectivity index (χ4v) is 8.84. The van der Waals surface area contributed by atoms with Gasteiger partial charge in [0.25, 0.3) is 5.91 Å². The number of hydrogen-bond acceptors (Lipinski definition) is 10. The van der Waals surface area contributed by atoms with E-state index in [0.29, 0.717) is 62.6 Å². The quantitative estimate of drug-likeness (QED) is 0.299. The normalized spacial score (nSPS) is 22.3. The third kappa shape index (κ3) is 9.50. The number of fused-ring (bicyclic) bond motifs is 2. The lowest BCUT2D eigenvalue weighted by Crippen LogP contribution is -2.65. The zero-order valence-electron chi connectivity index (χ0n) is 33.5. The van der Waals surface area contributed by atoms with Crippen LogP contribution < -0.4 is 5.32 Å². The molecule has 0 spiro atoms. The van der Waals surface area contributed by atoms with Gasteiger partial charge in [-0.1, -0.05) is 38.1 Å². The molecule has 2 saturated heterocycles. The Kier molecular flexibility index (Phi) is 13.2. The van der Waals surface area contributed by atoms with Gasteiger partial charge in [-0.3, -0.25) is 19.3 Å². The number of aromatic nitrogens is 3. The van der Waals surface area contributed by atoms with Gasteiger partial charge in [0, 0.05) is 64.3 Å². The topological polar surface area (TPSA) is 148 Å². The SMILES string of the molecule is CCn1nnc2c1CCC1C(CC2)C1COC(=O)N1CCC(C(=O)NCCN2CCOCC2)(N(CCCC(=O)OC)C(=O)c2ccc(C(C)(C)C)cc2)CC1. The van der Waals surface area contributed by atoms with Crippen LogP contribution in [0.5, 0.6) is 0 Å². The molecule has 3 heterocycles. The number of carbonyl (C=O) groups excluding carboxylic acids is 4. The highest BCUT2D eigenvalue weighted by Gasteiger charge is 2.52. The van der Waals surface area contributed by atoms with E-state index in [4.69, 9.17) is 14.2 Å². The predicted molar refractivity (Wildman–Crippen MR) is 205 cm³/mol. The summed E-state index contributed by atoms with van der Waals surface area (Å²) in [4.78, 5) is 60.4. The molecule has 4 aliphatic rings. The number of piperidine rings is 1. The fraction of sp³-hybridized carbons (Fsp3) is 0.707. The van der Waals surface area contributed by atoms with E-state index in [1.807, 2.05) is 28.9 Å². The average molecular weight is 764 g/mol. The molecule has 3 unspecified atom stereocenters. The third-order valence-electron chi connectivity index (χ3n) is 12.4. The van der Waals surface area contributed by atoms with Crippen molar-refractivity contribution >= 4 is 23.9 Å². The predicted octanol–water partition coefficient (Wildman–Crippen LogP) is 3.85. The number of esters is 1. The lowest BCUT2D eigenvalue weighted by molar-refractivity contribution is -0.141. The van der Waals surface area contributed by atoms with Crippen LogP contribution in [0.3, 0.4) is 0 Å². The number of amides is 3. The van der Waals surface area contributed by atoms with Gasteiger partial charge in [-0.05, 0) is 92.7 Å². The molecule has 6 rings (SSSR count). The minimum Gasteiger partial charge on any atom is -0.469 e. The van der Waals surface area contributed by atoms with Gasteiger partial charge >= 0.3 is 12.1 Å². The Labute approximate surface area is 325 Å². The second-order valence-corrected chi connectivity index (χ2v) is 16.6. The van der Waals surface area contributed by atoms with Gasteiger partial charge in [-0.25, -0.2) is 9.48 Å². The summed E-state index contributed by atoms with van der Waals surface area (Å²) in [6.45, 7) is 14.3. The maximum Gasteiger partial charge on any atom is 0.409 e. The monoisotopic (exact) mass is 763 g/mol. The first-order valence-electron chi connectivity index (χ1n) is 20.4. The Balaban J connectivity index is 1.14. The van der Waals surface area contributed by atoms with Crippen molar-refractivity contribution in [1.29, 1.82) is 0 Å². The van der Waals surface area contributed by atoms with Crippen LogP contribution >= 0.6 is 0 Å². The highest BCUT2D eigenvalue weighted by atomic mass is 16.6. The molecule has 1 saturated carbocycles. The molecule has 2 aliphatic carbocycles. The second kappa shape index (κ2) is 17.8. The number of nitrogens with zero attached hydrogens (tertiary/aromatic N) is 6. The van der Waals surface area contributed by atoms with Crippen LogP contribution in [0, 0.1) is 17.8 Å². The van der Waals surface area contributed by atoms with Crippen LogP contribution in [0.1, 0.15) is 93.5 Å². The Morgan fingerprint density at radius 2 is 1.69 bits per heavy atom. The summed E-state index contributed by atoms with van der Waals surface area (Å²) in [5.74, 6) is 0.478. The number of ether oxygens (including phenoxy) is 3. The molecule has 1 aromatic heterocycles. The number of rotatable bonds is 13. The highest BCUT2D eigenvalue weighted by molar-refractivity contribution is 5.99. The maximum absolute atomic E-state index is 14.5. The zero-order valence-corrected chi connectivity index (χ0v) is 33.5. The second-order valence-electron chi connectivity index (χ2n) is 16.6. The van der Waals surface area contributed by atoms with Crippen LogP contribution in [0.2, 0.25) is 0 Å². The first-order chi connectivity index (χ1) is 26.4. The summed E-state index contributed by atoms with van der Waals surface area (Å²) in [5.41, 5.74) is 2.57. The molecule has 3 amide bonds. The molecule has 14 heteroatoms. The summed E-state index contributed by atoms with van der Waals surface area (Å²) < 4.78 is 18.4. The number of likely N-dealkylation sites (tertiary alicyclic amines) is 1. The van der Waals surface area contributed by atoms with Crippen molar-refractivity contribution in [3.8, 4) is 0 Å². The van der Waals surface area contributed by atoms with E-state index in [2.05, 4.69) is 48.2 Å². The summed E-state index contributed by atoms with van der Waals surface area (Å²) in [7, 11) is 1.34. The minimum absolute atomic E-state index is 0.0957. The van der Waals surface area contributed by atoms with Crippen molar-refractivity contribution in [2.75, 3.05) is 72.7 Å². The molecule has 2 aromatic rings. The van der Waals surface area contributed by atoms with Gasteiger partial charge in [0.1, 0.15) is 5.54 Å². The smallest absolute Gasteiger partial charge is 0.409 e. The first kappa shape index (κ1) is 40.6. The first-order valence-corrected chi connectivity index (χ1v) is 20.4. The van der Waals surface area contributed by atoms with Crippen LogP contribution in [0.15, 0.2) is 24.3 Å². The maximum atomic E-state index is 14.5. The van der Waals surface area contributed by atoms with E-state index in [9.17, 15) is 19.2 Å². The van der Waals surface area contributed by atoms with E-state index < -0.39 is 5.54 Å². The van der Waals surface area contributed by atoms with Crippen LogP contribution in [-0.2, 0) is 48.6 Å². The van der Waals surface area contributed by atoms with Crippen molar-refractivity contribution in [3.05, 3.63) is 46.8 Å². The average Bonchev–Trinajstić information content (AvgIpc) is 3.69. The summed E-state index contributed by atoms with van der Waals surface area (Å²) in [5, 5.41) is 11.9. The lowest BCUT2D eigenvalue weighted by Gasteiger charge is -2.47. The van der Waals surface area contributed by atoms with Gasteiger partial charge in [-0.2, -0.15) is 0 Å². The number of carbonyl (C=O) groups is 4. The molecule has 0 bridgehead atoms. The standard InChI is InChI=1S/C41H61N7O7/c1-6-48-35-16-14-32-31(13-15-34(35)43-44-48)33(32)28-55-39(52)46-21-17-41(18-22-46,38(51)42-19-23-45-24-26-54-27-25-45)47(20-7-8-36(49)53-5)37(50)29-9-11-30(12-10-29)40(2,3)4/h9-12,31-33H,6-8,13-28H2,1-5H3,(H,42,51). The van der Waals surface area contributed by atoms with Gasteiger partial charge in [-0.15, -0.1) is 5.10 Å². The van der Waals surface area contributed by atoms with E-state index in [-0.39, 0.29) is 68.2 Å². The van der Waals surface area contributed by atoms with Crippen LogP contribution in [0.4, 0.5) is 4.79 Å². The number of hydrogen-bond donors (Lipinski definition) is 1.